The van der Waals surface area contributed by atoms with Gasteiger partial charge >= 0.3 is 0 Å². The Morgan fingerprint density at radius 2 is 1.59 bits per heavy atom. The van der Waals surface area contributed by atoms with Gasteiger partial charge in [-0.05, 0) is 67.5 Å². The van der Waals surface area contributed by atoms with Crippen molar-refractivity contribution in [2.24, 2.45) is 0 Å². The third-order valence-electron chi connectivity index (χ3n) is 9.84. The van der Waals surface area contributed by atoms with Gasteiger partial charge in [0, 0.05) is 19.5 Å². The van der Waals surface area contributed by atoms with Crippen LogP contribution < -0.4 is 40.8 Å². The van der Waals surface area contributed by atoms with Crippen LogP contribution in [0.1, 0.15) is 72.9 Å². The van der Waals surface area contributed by atoms with Crippen molar-refractivity contribution in [3.05, 3.63) is 89.5 Å². The zero-order valence-electron chi connectivity index (χ0n) is 31.0. The summed E-state index contributed by atoms with van der Waals surface area (Å²) in [6.45, 7) is 0.734. The van der Waals surface area contributed by atoms with Crippen LogP contribution in [0, 0.1) is 0 Å². The second kappa shape index (κ2) is 19.5. The Balaban J connectivity index is 1.36. The van der Waals surface area contributed by atoms with E-state index in [1.165, 1.54) is 0 Å². The van der Waals surface area contributed by atoms with E-state index in [-0.39, 0.29) is 37.6 Å². The van der Waals surface area contributed by atoms with Gasteiger partial charge < -0.3 is 40.8 Å². The van der Waals surface area contributed by atoms with Gasteiger partial charge in [-0.3, -0.25) is 24.0 Å². The van der Waals surface area contributed by atoms with Crippen molar-refractivity contribution in [2.45, 2.75) is 81.8 Å². The highest BCUT2D eigenvalue weighted by Crippen LogP contribution is 2.30. The Morgan fingerprint density at radius 1 is 0.852 bits per heavy atom. The highest BCUT2D eigenvalue weighted by molar-refractivity contribution is 6.01. The lowest BCUT2D eigenvalue weighted by molar-refractivity contribution is -0.138. The molecule has 1 saturated carbocycles. The van der Waals surface area contributed by atoms with Crippen LogP contribution >= 0.6 is 0 Å². The molecule has 3 aromatic carbocycles. The SMILES string of the molecule is COc1ccc(CCCNC(=O)[C@@H]2CC(=O)NC3(CCCCC3)C(=O)N[C@@H](Cc3ccccc3)C(=O)NCCCOc3ccccc3C(=O)N2)cc1OC. The van der Waals surface area contributed by atoms with Crippen LogP contribution in [0.5, 0.6) is 17.2 Å². The summed E-state index contributed by atoms with van der Waals surface area (Å²) in [5.74, 6) is -0.991. The number of para-hydroxylation sites is 1. The van der Waals surface area contributed by atoms with Crippen molar-refractivity contribution >= 4 is 29.5 Å². The lowest BCUT2D eigenvalue weighted by Gasteiger charge is -2.38. The Kier molecular flexibility index (Phi) is 14.3. The van der Waals surface area contributed by atoms with Crippen molar-refractivity contribution in [2.75, 3.05) is 33.9 Å². The largest absolute Gasteiger partial charge is 0.493 e. The van der Waals surface area contributed by atoms with E-state index in [0.717, 1.165) is 17.5 Å². The molecule has 0 saturated heterocycles. The molecule has 1 spiro atoms. The molecule has 2 atom stereocenters. The monoisotopic (exact) mass is 741 g/mol. The van der Waals surface area contributed by atoms with Crippen LogP contribution in [0.4, 0.5) is 0 Å². The van der Waals surface area contributed by atoms with Gasteiger partial charge in [-0.1, -0.05) is 67.8 Å². The summed E-state index contributed by atoms with van der Waals surface area (Å²) in [5, 5.41) is 14.5. The van der Waals surface area contributed by atoms with Crippen LogP contribution in [-0.2, 0) is 32.0 Å². The molecule has 0 aromatic heterocycles. The Bertz CT molecular complexity index is 1760. The minimum atomic E-state index is -1.29. The van der Waals surface area contributed by atoms with Crippen molar-refractivity contribution < 1.29 is 38.2 Å². The first-order valence-electron chi connectivity index (χ1n) is 18.7. The number of carbonyl (C=O) groups excluding carboxylic acids is 5. The van der Waals surface area contributed by atoms with Crippen LogP contribution in [0.15, 0.2) is 72.8 Å². The number of hydrogen-bond donors (Lipinski definition) is 5. The maximum absolute atomic E-state index is 14.2. The molecule has 5 amide bonds. The van der Waals surface area contributed by atoms with Crippen LogP contribution in [0.25, 0.3) is 0 Å². The predicted octanol–water partition coefficient (Wildman–Crippen LogP) is 3.39. The van der Waals surface area contributed by atoms with E-state index in [2.05, 4.69) is 26.6 Å². The molecule has 1 aliphatic carbocycles. The van der Waals surface area contributed by atoms with E-state index in [4.69, 9.17) is 14.2 Å². The number of aryl methyl sites for hydroxylation is 1. The molecule has 0 unspecified atom stereocenters. The average molecular weight is 742 g/mol. The number of amides is 5. The number of rotatable bonds is 9. The average Bonchev–Trinajstić information content (AvgIpc) is 3.19. The number of benzene rings is 3. The molecular formula is C41H51N5O8. The van der Waals surface area contributed by atoms with Crippen LogP contribution in [-0.4, -0.2) is 81.1 Å². The fourth-order valence-electron chi connectivity index (χ4n) is 6.90. The summed E-state index contributed by atoms with van der Waals surface area (Å²) in [5.41, 5.74) is 0.762. The number of carbonyl (C=O) groups is 5. The van der Waals surface area contributed by atoms with Crippen LogP contribution in [0.2, 0.25) is 0 Å². The van der Waals surface area contributed by atoms with Gasteiger partial charge in [-0.25, -0.2) is 0 Å². The van der Waals surface area contributed by atoms with Gasteiger partial charge in [-0.2, -0.15) is 0 Å². The van der Waals surface area contributed by atoms with Crippen LogP contribution in [0.3, 0.4) is 0 Å². The van der Waals surface area contributed by atoms with Crippen molar-refractivity contribution in [3.63, 3.8) is 0 Å². The summed E-state index contributed by atoms with van der Waals surface area (Å²) in [7, 11) is 3.14. The van der Waals surface area contributed by atoms with Gasteiger partial charge in [0.1, 0.15) is 23.4 Å². The van der Waals surface area contributed by atoms with Crippen molar-refractivity contribution in [3.8, 4) is 17.2 Å². The molecule has 1 fully saturated rings. The highest BCUT2D eigenvalue weighted by Gasteiger charge is 2.43. The predicted molar refractivity (Wildman–Crippen MR) is 202 cm³/mol. The van der Waals surface area contributed by atoms with Crippen molar-refractivity contribution in [1.82, 2.24) is 26.6 Å². The smallest absolute Gasteiger partial charge is 0.255 e. The summed E-state index contributed by atoms with van der Waals surface area (Å²) in [6, 6.07) is 19.5. The molecule has 1 heterocycles. The molecule has 2 aliphatic rings. The van der Waals surface area contributed by atoms with Crippen molar-refractivity contribution in [1.29, 1.82) is 0 Å². The fraction of sp³-hybridized carbons (Fsp3) is 0.439. The fourth-order valence-corrected chi connectivity index (χ4v) is 6.90. The van der Waals surface area contributed by atoms with Gasteiger partial charge in [0.25, 0.3) is 5.91 Å². The summed E-state index contributed by atoms with van der Waals surface area (Å²) < 4.78 is 16.7. The van der Waals surface area contributed by atoms with E-state index in [0.29, 0.717) is 62.2 Å². The zero-order chi connectivity index (χ0) is 38.3. The first-order chi connectivity index (χ1) is 26.2. The quantitative estimate of drug-likeness (QED) is 0.208. The summed E-state index contributed by atoms with van der Waals surface area (Å²) in [4.78, 5) is 69.0. The Hall–Kier alpha value is -5.59. The normalized spacial score (nSPS) is 19.7. The number of nitrogens with one attached hydrogen (secondary N) is 5. The Morgan fingerprint density at radius 3 is 2.35 bits per heavy atom. The molecular weight excluding hydrogens is 690 g/mol. The molecule has 13 nitrogen and oxygen atoms in total. The molecule has 13 heteroatoms. The molecule has 1 aliphatic heterocycles. The second-order valence-electron chi connectivity index (χ2n) is 13.7. The second-order valence-corrected chi connectivity index (χ2v) is 13.7. The first kappa shape index (κ1) is 39.6. The molecule has 5 N–H and O–H groups in total. The van der Waals surface area contributed by atoms with E-state index >= 15 is 0 Å². The third kappa shape index (κ3) is 10.7. The molecule has 288 valence electrons. The number of hydrogen-bond acceptors (Lipinski definition) is 8. The summed E-state index contributed by atoms with van der Waals surface area (Å²) in [6.07, 6.45) is 4.50. The lowest BCUT2D eigenvalue weighted by Crippen LogP contribution is -2.63. The topological polar surface area (TPSA) is 173 Å². The molecule has 0 radical (unpaired) electrons. The maximum atomic E-state index is 14.2. The molecule has 0 bridgehead atoms. The van der Waals surface area contributed by atoms with Gasteiger partial charge in [-0.15, -0.1) is 0 Å². The van der Waals surface area contributed by atoms with E-state index in [1.54, 1.807) is 38.5 Å². The molecule has 5 rings (SSSR count). The van der Waals surface area contributed by atoms with Gasteiger partial charge in [0.05, 0.1) is 32.8 Å². The number of ether oxygens (including phenoxy) is 3. The number of fused-ring (bicyclic) bond motifs is 1. The van der Waals surface area contributed by atoms with E-state index < -0.39 is 47.7 Å². The zero-order valence-corrected chi connectivity index (χ0v) is 31.0. The third-order valence-corrected chi connectivity index (χ3v) is 9.84. The standard InChI is InChI=1S/C41H51N5O8/c1-52-34-19-18-29(26-35(34)53-2)15-11-22-42-39(50)32-27-36(47)46-41(20-9-4-10-21-41)40(51)45-31(25-28-13-5-3-6-14-28)38(49)43-23-12-24-54-33-17-8-7-16-30(33)37(48)44-32/h3,5-8,13-14,16-19,26,31-32H,4,9-12,15,20-25,27H2,1-2H3,(H,42,50)(H,43,49)(H,44,48)(H,45,51)(H,46,47)/t31-,32-/m0/s1. The minimum absolute atomic E-state index is 0.190. The summed E-state index contributed by atoms with van der Waals surface area (Å²) >= 11 is 0. The lowest BCUT2D eigenvalue weighted by atomic mass is 9.80. The molecule has 54 heavy (non-hydrogen) atoms. The maximum Gasteiger partial charge on any atom is 0.255 e. The number of methoxy groups -OCH3 is 2. The Labute approximate surface area is 316 Å². The first-order valence-corrected chi connectivity index (χ1v) is 18.7. The van der Waals surface area contributed by atoms with E-state index in [9.17, 15) is 24.0 Å². The highest BCUT2D eigenvalue weighted by atomic mass is 16.5. The minimum Gasteiger partial charge on any atom is -0.493 e. The van der Waals surface area contributed by atoms with Gasteiger partial charge in [0.2, 0.25) is 23.6 Å². The van der Waals surface area contributed by atoms with E-state index in [1.807, 2.05) is 48.5 Å². The molecule has 3 aromatic rings. The van der Waals surface area contributed by atoms with Gasteiger partial charge in [0.15, 0.2) is 11.5 Å².